The van der Waals surface area contributed by atoms with Crippen molar-refractivity contribution in [1.29, 1.82) is 0 Å². The van der Waals surface area contributed by atoms with Crippen LogP contribution < -0.4 is 5.56 Å². The van der Waals surface area contributed by atoms with Crippen LogP contribution in [0.4, 0.5) is 0 Å². The first-order valence-corrected chi connectivity index (χ1v) is 5.83. The number of fused-ring (bicyclic) bond motifs is 1. The zero-order chi connectivity index (χ0) is 10.7. The highest BCUT2D eigenvalue weighted by molar-refractivity contribution is 9.09. The van der Waals surface area contributed by atoms with E-state index >= 15 is 0 Å². The van der Waals surface area contributed by atoms with Crippen molar-refractivity contribution in [2.24, 2.45) is 0 Å². The Morgan fingerprint density at radius 2 is 2.13 bits per heavy atom. The molecule has 0 aliphatic heterocycles. The van der Waals surface area contributed by atoms with Crippen LogP contribution in [0.25, 0.3) is 10.9 Å². The molecule has 0 spiro atoms. The third-order valence-electron chi connectivity index (χ3n) is 2.13. The fraction of sp³-hybridized carbons (Fsp3) is 0.300. The molecule has 15 heavy (non-hydrogen) atoms. The van der Waals surface area contributed by atoms with E-state index in [9.17, 15) is 4.79 Å². The number of halogens is 1. The summed E-state index contributed by atoms with van der Waals surface area (Å²) in [7, 11) is 0. The summed E-state index contributed by atoms with van der Waals surface area (Å²) in [5, 5.41) is 9.35. The van der Waals surface area contributed by atoms with Crippen molar-refractivity contribution in [3.05, 3.63) is 34.6 Å². The molecule has 0 amide bonds. The van der Waals surface area contributed by atoms with E-state index < -0.39 is 0 Å². The van der Waals surface area contributed by atoms with Gasteiger partial charge in [-0.15, -0.1) is 5.10 Å². The third-order valence-corrected chi connectivity index (χ3v) is 2.69. The van der Waals surface area contributed by atoms with E-state index in [0.717, 1.165) is 11.8 Å². The molecule has 1 aromatic heterocycles. The molecule has 4 nitrogen and oxygen atoms in total. The predicted molar refractivity (Wildman–Crippen MR) is 62.2 cm³/mol. The second-order valence-electron chi connectivity index (χ2n) is 3.18. The minimum atomic E-state index is -0.0680. The second kappa shape index (κ2) is 4.53. The maximum absolute atomic E-state index is 11.9. The third kappa shape index (κ3) is 2.07. The van der Waals surface area contributed by atoms with Gasteiger partial charge in [-0.05, 0) is 18.6 Å². The van der Waals surface area contributed by atoms with Gasteiger partial charge in [-0.25, -0.2) is 4.68 Å². The summed E-state index contributed by atoms with van der Waals surface area (Å²) in [5.41, 5.74) is 0.583. The Bertz CT molecular complexity index is 523. The molecule has 5 heteroatoms. The van der Waals surface area contributed by atoms with E-state index in [1.807, 2.05) is 12.1 Å². The lowest BCUT2D eigenvalue weighted by molar-refractivity contribution is 0.544. The van der Waals surface area contributed by atoms with Gasteiger partial charge in [-0.1, -0.05) is 33.3 Å². The van der Waals surface area contributed by atoms with Crippen LogP contribution in [-0.4, -0.2) is 20.3 Å². The van der Waals surface area contributed by atoms with E-state index in [1.54, 1.807) is 12.1 Å². The normalized spacial score (nSPS) is 10.7. The molecule has 78 valence electrons. The zero-order valence-electron chi connectivity index (χ0n) is 8.06. The van der Waals surface area contributed by atoms with Gasteiger partial charge in [0.15, 0.2) is 0 Å². The van der Waals surface area contributed by atoms with Crippen LogP contribution in [-0.2, 0) is 6.54 Å². The number of hydrogen-bond donors (Lipinski definition) is 0. The number of benzene rings is 1. The van der Waals surface area contributed by atoms with Gasteiger partial charge in [0.25, 0.3) is 5.56 Å². The van der Waals surface area contributed by atoms with E-state index in [1.165, 1.54) is 4.68 Å². The predicted octanol–water partition coefficient (Wildman–Crippen LogP) is 1.58. The largest absolute Gasteiger partial charge is 0.277 e. The highest BCUT2D eigenvalue weighted by Gasteiger charge is 2.03. The standard InChI is InChI=1S/C10H10BrN3O/c11-6-3-7-14-10(15)8-4-1-2-5-9(8)12-13-14/h1-2,4-5H,3,6-7H2. The minimum Gasteiger partial charge on any atom is -0.267 e. The molecule has 0 aliphatic rings. The lowest BCUT2D eigenvalue weighted by atomic mass is 10.2. The van der Waals surface area contributed by atoms with Crippen LogP contribution in [0.5, 0.6) is 0 Å². The number of aryl methyl sites for hydroxylation is 1. The number of aromatic nitrogens is 3. The smallest absolute Gasteiger partial charge is 0.267 e. The van der Waals surface area contributed by atoms with Gasteiger partial charge >= 0.3 is 0 Å². The second-order valence-corrected chi connectivity index (χ2v) is 3.97. The van der Waals surface area contributed by atoms with E-state index in [2.05, 4.69) is 26.2 Å². The SMILES string of the molecule is O=c1c2ccccc2nnn1CCCBr. The van der Waals surface area contributed by atoms with Crippen molar-refractivity contribution in [1.82, 2.24) is 15.0 Å². The number of nitrogens with zero attached hydrogens (tertiary/aromatic N) is 3. The Balaban J connectivity index is 2.51. The molecule has 0 fully saturated rings. The molecule has 1 heterocycles. The summed E-state index contributed by atoms with van der Waals surface area (Å²) >= 11 is 3.32. The Morgan fingerprint density at radius 1 is 1.33 bits per heavy atom. The van der Waals surface area contributed by atoms with Crippen LogP contribution in [0.3, 0.4) is 0 Å². The monoisotopic (exact) mass is 267 g/mol. The maximum atomic E-state index is 11.9. The molecular weight excluding hydrogens is 258 g/mol. The van der Waals surface area contributed by atoms with Gasteiger partial charge < -0.3 is 0 Å². The number of rotatable bonds is 3. The molecule has 1 aromatic carbocycles. The molecule has 0 N–H and O–H groups in total. The van der Waals surface area contributed by atoms with Gasteiger partial charge in [0.2, 0.25) is 0 Å². The van der Waals surface area contributed by atoms with Gasteiger partial charge in [-0.3, -0.25) is 4.79 Å². The topological polar surface area (TPSA) is 47.8 Å². The van der Waals surface area contributed by atoms with Gasteiger partial charge in [0, 0.05) is 11.9 Å². The minimum absolute atomic E-state index is 0.0680. The first-order chi connectivity index (χ1) is 7.33. The Labute approximate surface area is 95.0 Å². The fourth-order valence-corrected chi connectivity index (χ4v) is 1.63. The highest BCUT2D eigenvalue weighted by atomic mass is 79.9. The number of hydrogen-bond acceptors (Lipinski definition) is 3. The quantitative estimate of drug-likeness (QED) is 0.794. The zero-order valence-corrected chi connectivity index (χ0v) is 9.64. The Kier molecular flexibility index (Phi) is 3.11. The molecule has 0 radical (unpaired) electrons. The Morgan fingerprint density at radius 3 is 2.93 bits per heavy atom. The van der Waals surface area contributed by atoms with Gasteiger partial charge in [0.1, 0.15) is 5.52 Å². The molecular formula is C10H10BrN3O. The van der Waals surface area contributed by atoms with Gasteiger partial charge in [0.05, 0.1) is 5.39 Å². The summed E-state index contributed by atoms with van der Waals surface area (Å²) in [6.45, 7) is 0.599. The molecule has 2 rings (SSSR count). The molecule has 0 aliphatic carbocycles. The molecule has 0 unspecified atom stereocenters. The van der Waals surface area contributed by atoms with Crippen molar-refractivity contribution in [3.8, 4) is 0 Å². The van der Waals surface area contributed by atoms with Crippen molar-refractivity contribution in [2.45, 2.75) is 13.0 Å². The number of alkyl halides is 1. The van der Waals surface area contributed by atoms with E-state index in [-0.39, 0.29) is 5.56 Å². The van der Waals surface area contributed by atoms with E-state index in [0.29, 0.717) is 17.4 Å². The summed E-state index contributed by atoms with van der Waals surface area (Å²) in [6, 6.07) is 7.25. The van der Waals surface area contributed by atoms with Crippen LogP contribution in [0.1, 0.15) is 6.42 Å². The first-order valence-electron chi connectivity index (χ1n) is 4.71. The lowest BCUT2D eigenvalue weighted by Gasteiger charge is -2.02. The average molecular weight is 268 g/mol. The molecule has 0 bridgehead atoms. The fourth-order valence-electron chi connectivity index (χ4n) is 1.38. The molecule has 0 atom stereocenters. The van der Waals surface area contributed by atoms with Crippen LogP contribution >= 0.6 is 15.9 Å². The summed E-state index contributed by atoms with van der Waals surface area (Å²) in [6.07, 6.45) is 0.868. The van der Waals surface area contributed by atoms with Crippen molar-refractivity contribution >= 4 is 26.8 Å². The molecule has 2 aromatic rings. The van der Waals surface area contributed by atoms with Crippen molar-refractivity contribution in [2.75, 3.05) is 5.33 Å². The van der Waals surface area contributed by atoms with Crippen molar-refractivity contribution in [3.63, 3.8) is 0 Å². The van der Waals surface area contributed by atoms with Crippen LogP contribution in [0.2, 0.25) is 0 Å². The molecule has 0 saturated heterocycles. The van der Waals surface area contributed by atoms with Crippen LogP contribution in [0.15, 0.2) is 29.1 Å². The summed E-state index contributed by atoms with van der Waals surface area (Å²) in [5.74, 6) is 0. The van der Waals surface area contributed by atoms with Crippen molar-refractivity contribution < 1.29 is 0 Å². The van der Waals surface area contributed by atoms with Crippen LogP contribution in [0, 0.1) is 0 Å². The average Bonchev–Trinajstić information content (AvgIpc) is 2.29. The summed E-state index contributed by atoms with van der Waals surface area (Å²) < 4.78 is 1.41. The maximum Gasteiger partial charge on any atom is 0.277 e. The van der Waals surface area contributed by atoms with Gasteiger partial charge in [-0.2, -0.15) is 0 Å². The summed E-state index contributed by atoms with van der Waals surface area (Å²) in [4.78, 5) is 11.9. The van der Waals surface area contributed by atoms with E-state index in [4.69, 9.17) is 0 Å². The molecule has 0 saturated carbocycles. The highest BCUT2D eigenvalue weighted by Crippen LogP contribution is 2.03. The lowest BCUT2D eigenvalue weighted by Crippen LogP contribution is -2.24. The Hall–Kier alpha value is -1.23. The first kappa shape index (κ1) is 10.3.